The minimum atomic E-state index is -0.866. The van der Waals surface area contributed by atoms with E-state index < -0.39 is 17.8 Å². The summed E-state index contributed by atoms with van der Waals surface area (Å²) < 4.78 is 10.5. The number of nitrogens with one attached hydrogen (secondary N) is 2. The summed E-state index contributed by atoms with van der Waals surface area (Å²) in [6.45, 7) is 0.394. The van der Waals surface area contributed by atoms with E-state index in [0.29, 0.717) is 17.9 Å². The van der Waals surface area contributed by atoms with Gasteiger partial charge < -0.3 is 14.8 Å². The van der Waals surface area contributed by atoms with Crippen molar-refractivity contribution in [3.63, 3.8) is 0 Å². The molecule has 0 aromatic heterocycles. The van der Waals surface area contributed by atoms with Crippen LogP contribution in [0, 0.1) is 5.92 Å². The van der Waals surface area contributed by atoms with Gasteiger partial charge >= 0.3 is 5.97 Å². The standard InChI is InChI=1S/C28H25N3O5/c1-35-22-13-10-19(11-14-22)12-15-25(32)36-23-9-5-6-20(16-23)17-30-31-28(34)26-24(18-29-27(26)33)21-7-3-2-4-8-21/h2-17,24,26H,18H2,1H3,(H,29,33)(H,31,34)/b15-12+,30-17?/t24-,26-/m0/s1. The topological polar surface area (TPSA) is 106 Å². The molecule has 0 aliphatic carbocycles. The lowest BCUT2D eigenvalue weighted by molar-refractivity contribution is -0.133. The minimum absolute atomic E-state index is 0.261. The lowest BCUT2D eigenvalue weighted by Crippen LogP contribution is -2.34. The Bertz CT molecular complexity index is 1290. The Morgan fingerprint density at radius 1 is 0.972 bits per heavy atom. The molecule has 182 valence electrons. The first-order chi connectivity index (χ1) is 17.5. The Morgan fingerprint density at radius 3 is 2.50 bits per heavy atom. The number of methoxy groups -OCH3 is 1. The van der Waals surface area contributed by atoms with Crippen LogP contribution in [0.4, 0.5) is 0 Å². The van der Waals surface area contributed by atoms with Crippen molar-refractivity contribution in [1.82, 2.24) is 10.7 Å². The summed E-state index contributed by atoms with van der Waals surface area (Å²) in [6.07, 6.45) is 4.40. The van der Waals surface area contributed by atoms with Gasteiger partial charge in [0.15, 0.2) is 0 Å². The van der Waals surface area contributed by atoms with Crippen LogP contribution in [0.2, 0.25) is 0 Å². The molecule has 0 bridgehead atoms. The number of carbonyl (C=O) groups excluding carboxylic acids is 3. The number of amides is 2. The van der Waals surface area contributed by atoms with E-state index in [1.807, 2.05) is 42.5 Å². The van der Waals surface area contributed by atoms with E-state index in [9.17, 15) is 14.4 Å². The van der Waals surface area contributed by atoms with Crippen LogP contribution in [0.3, 0.4) is 0 Å². The first kappa shape index (κ1) is 24.4. The van der Waals surface area contributed by atoms with Gasteiger partial charge in [0.25, 0.3) is 5.91 Å². The summed E-state index contributed by atoms with van der Waals surface area (Å²) in [4.78, 5) is 37.2. The highest BCUT2D eigenvalue weighted by molar-refractivity contribution is 6.03. The third-order valence-corrected chi connectivity index (χ3v) is 5.68. The SMILES string of the molecule is COc1ccc(/C=C/C(=O)Oc2cccc(C=NNC(=O)[C@@H]3C(=O)NC[C@H]3c3ccccc3)c2)cc1. The quantitative estimate of drug-likeness (QED) is 0.128. The monoisotopic (exact) mass is 483 g/mol. The normalized spacial score (nSPS) is 17.2. The van der Waals surface area contributed by atoms with Crippen LogP contribution >= 0.6 is 0 Å². The van der Waals surface area contributed by atoms with Crippen molar-refractivity contribution >= 4 is 30.1 Å². The summed E-state index contributed by atoms with van der Waals surface area (Å²) in [5.41, 5.74) is 4.80. The van der Waals surface area contributed by atoms with Gasteiger partial charge in [-0.1, -0.05) is 54.6 Å². The molecule has 0 radical (unpaired) electrons. The fourth-order valence-electron chi connectivity index (χ4n) is 3.86. The molecular formula is C28H25N3O5. The smallest absolute Gasteiger partial charge is 0.336 e. The highest BCUT2D eigenvalue weighted by Crippen LogP contribution is 2.29. The zero-order chi connectivity index (χ0) is 25.3. The zero-order valence-corrected chi connectivity index (χ0v) is 19.6. The van der Waals surface area contributed by atoms with Crippen LogP contribution in [-0.2, 0) is 14.4 Å². The molecule has 8 heteroatoms. The molecule has 0 unspecified atom stereocenters. The Morgan fingerprint density at radius 2 is 1.75 bits per heavy atom. The number of hydrogen-bond acceptors (Lipinski definition) is 6. The highest BCUT2D eigenvalue weighted by Gasteiger charge is 2.40. The Hall–Kier alpha value is -4.72. The van der Waals surface area contributed by atoms with Gasteiger partial charge in [0.2, 0.25) is 5.91 Å². The summed E-state index contributed by atoms with van der Waals surface area (Å²) in [6, 6.07) is 23.4. The molecule has 1 aliphatic rings. The molecule has 2 atom stereocenters. The molecule has 2 amide bonds. The van der Waals surface area contributed by atoms with Crippen molar-refractivity contribution in [2.24, 2.45) is 11.0 Å². The van der Waals surface area contributed by atoms with Crippen molar-refractivity contribution in [2.45, 2.75) is 5.92 Å². The highest BCUT2D eigenvalue weighted by atomic mass is 16.5. The van der Waals surface area contributed by atoms with Crippen LogP contribution in [0.5, 0.6) is 11.5 Å². The van der Waals surface area contributed by atoms with Crippen molar-refractivity contribution in [2.75, 3.05) is 13.7 Å². The van der Waals surface area contributed by atoms with E-state index in [0.717, 1.165) is 16.9 Å². The molecule has 1 saturated heterocycles. The number of nitrogens with zero attached hydrogens (tertiary/aromatic N) is 1. The number of rotatable bonds is 8. The average molecular weight is 484 g/mol. The third-order valence-electron chi connectivity index (χ3n) is 5.68. The van der Waals surface area contributed by atoms with E-state index in [2.05, 4.69) is 15.8 Å². The largest absolute Gasteiger partial charge is 0.497 e. The van der Waals surface area contributed by atoms with Crippen LogP contribution in [-0.4, -0.2) is 37.7 Å². The maximum atomic E-state index is 12.7. The lowest BCUT2D eigenvalue weighted by Gasteiger charge is -2.15. The second-order valence-corrected chi connectivity index (χ2v) is 8.07. The molecule has 0 saturated carbocycles. The van der Waals surface area contributed by atoms with Gasteiger partial charge in [0, 0.05) is 18.5 Å². The first-order valence-electron chi connectivity index (χ1n) is 11.3. The maximum Gasteiger partial charge on any atom is 0.336 e. The van der Waals surface area contributed by atoms with E-state index in [-0.39, 0.29) is 11.8 Å². The Kier molecular flexibility index (Phi) is 7.87. The average Bonchev–Trinajstić information content (AvgIpc) is 3.30. The predicted molar refractivity (Wildman–Crippen MR) is 136 cm³/mol. The summed E-state index contributed by atoms with van der Waals surface area (Å²) in [5.74, 6) is -1.42. The molecular weight excluding hydrogens is 458 g/mol. The van der Waals surface area contributed by atoms with Gasteiger partial charge in [-0.05, 0) is 47.0 Å². The molecule has 1 heterocycles. The molecule has 0 spiro atoms. The molecule has 3 aromatic carbocycles. The molecule has 3 aromatic rings. The van der Waals surface area contributed by atoms with Crippen molar-refractivity contribution in [3.8, 4) is 11.5 Å². The summed E-state index contributed by atoms with van der Waals surface area (Å²) in [7, 11) is 1.59. The van der Waals surface area contributed by atoms with Crippen LogP contribution in [0.1, 0.15) is 22.6 Å². The van der Waals surface area contributed by atoms with Crippen molar-refractivity contribution < 1.29 is 23.9 Å². The lowest BCUT2D eigenvalue weighted by atomic mass is 9.88. The van der Waals surface area contributed by atoms with Gasteiger partial charge in [0.1, 0.15) is 17.4 Å². The van der Waals surface area contributed by atoms with Crippen molar-refractivity contribution in [1.29, 1.82) is 0 Å². The molecule has 2 N–H and O–H groups in total. The van der Waals surface area contributed by atoms with E-state index in [1.54, 1.807) is 49.6 Å². The van der Waals surface area contributed by atoms with Gasteiger partial charge in [-0.15, -0.1) is 0 Å². The van der Waals surface area contributed by atoms with Crippen LogP contribution in [0.25, 0.3) is 6.08 Å². The van der Waals surface area contributed by atoms with E-state index >= 15 is 0 Å². The molecule has 1 fully saturated rings. The van der Waals surface area contributed by atoms with Gasteiger partial charge in [0.05, 0.1) is 13.3 Å². The zero-order valence-electron chi connectivity index (χ0n) is 19.6. The number of ether oxygens (including phenoxy) is 2. The van der Waals surface area contributed by atoms with Gasteiger partial charge in [-0.3, -0.25) is 9.59 Å². The van der Waals surface area contributed by atoms with E-state index in [4.69, 9.17) is 9.47 Å². The first-order valence-corrected chi connectivity index (χ1v) is 11.3. The Labute approximate surface area is 208 Å². The number of esters is 1. The van der Waals surface area contributed by atoms with Crippen LogP contribution in [0.15, 0.2) is 90.0 Å². The molecule has 8 nitrogen and oxygen atoms in total. The second kappa shape index (κ2) is 11.6. The predicted octanol–water partition coefficient (Wildman–Crippen LogP) is 3.29. The number of benzene rings is 3. The van der Waals surface area contributed by atoms with E-state index in [1.165, 1.54) is 12.3 Å². The number of hydrazone groups is 1. The molecule has 4 rings (SSSR count). The fraction of sp³-hybridized carbons (Fsp3) is 0.143. The van der Waals surface area contributed by atoms with Gasteiger partial charge in [-0.2, -0.15) is 5.10 Å². The second-order valence-electron chi connectivity index (χ2n) is 8.07. The minimum Gasteiger partial charge on any atom is -0.497 e. The summed E-state index contributed by atoms with van der Waals surface area (Å²) in [5, 5.41) is 6.74. The van der Waals surface area contributed by atoms with Crippen LogP contribution < -0.4 is 20.2 Å². The molecule has 1 aliphatic heterocycles. The number of hydrogen-bond donors (Lipinski definition) is 2. The van der Waals surface area contributed by atoms with Crippen molar-refractivity contribution in [3.05, 3.63) is 102 Å². The maximum absolute atomic E-state index is 12.7. The number of carbonyl (C=O) groups is 3. The molecule has 36 heavy (non-hydrogen) atoms. The summed E-state index contributed by atoms with van der Waals surface area (Å²) >= 11 is 0. The fourth-order valence-corrected chi connectivity index (χ4v) is 3.86. The van der Waals surface area contributed by atoms with Gasteiger partial charge in [-0.25, -0.2) is 10.2 Å². The Balaban J connectivity index is 1.34. The third kappa shape index (κ3) is 6.24.